The van der Waals surface area contributed by atoms with E-state index in [1.54, 1.807) is 54.6 Å². The zero-order chi connectivity index (χ0) is 97.9. The summed E-state index contributed by atoms with van der Waals surface area (Å²) in [7, 11) is 1.49. The molecule has 9 aliphatic rings. The number of aromatic nitrogens is 3. The summed E-state index contributed by atoms with van der Waals surface area (Å²) in [6, 6.07) is 29.2. The van der Waals surface area contributed by atoms with E-state index in [0.717, 1.165) is 56.1 Å². The highest BCUT2D eigenvalue weighted by atomic mass is 16.6. The van der Waals surface area contributed by atoms with E-state index >= 15 is 14.4 Å². The van der Waals surface area contributed by atoms with Crippen LogP contribution in [0.25, 0.3) is 0 Å². The second kappa shape index (κ2) is 39.1. The normalized spacial score (nSPS) is 22.9. The van der Waals surface area contributed by atoms with Gasteiger partial charge >= 0.3 is 46.9 Å². The highest BCUT2D eigenvalue weighted by Gasteiger charge is 2.54. The Morgan fingerprint density at radius 2 is 0.720 bits per heavy atom. The molecule has 16 rings (SSSR count). The predicted molar refractivity (Wildman–Crippen MR) is 481 cm³/mol. The third kappa shape index (κ3) is 21.5. The van der Waals surface area contributed by atoms with Crippen molar-refractivity contribution in [2.24, 2.45) is 37.9 Å². The lowest BCUT2D eigenvalue weighted by Gasteiger charge is -2.49. The van der Waals surface area contributed by atoms with Gasteiger partial charge in [-0.3, -0.25) is 72.3 Å². The number of carbonyl (C=O) groups excluding carboxylic acids is 12. The summed E-state index contributed by atoms with van der Waals surface area (Å²) < 4.78 is 12.6. The van der Waals surface area contributed by atoms with Crippen LogP contribution in [0.1, 0.15) is 339 Å². The van der Waals surface area contributed by atoms with Gasteiger partial charge in [0.2, 0.25) is 0 Å². The van der Waals surface area contributed by atoms with Gasteiger partial charge in [0.25, 0.3) is 65.6 Å². The zero-order valence-electron chi connectivity index (χ0n) is 77.3. The van der Waals surface area contributed by atoms with Gasteiger partial charge in [0.15, 0.2) is 0 Å². The summed E-state index contributed by atoms with van der Waals surface area (Å²) in [5, 5.41) is 37.4. The fourth-order valence-electron chi connectivity index (χ4n) is 21.3. The Bertz CT molecular complexity index is 5980. The van der Waals surface area contributed by atoms with Crippen LogP contribution in [-0.2, 0) is 34.0 Å². The van der Waals surface area contributed by atoms with E-state index in [-0.39, 0.29) is 136 Å². The number of aromatic carboxylic acids is 3. The number of fused-ring (bicyclic) bond motifs is 5. The fourth-order valence-corrected chi connectivity index (χ4v) is 21.3. The van der Waals surface area contributed by atoms with E-state index in [4.69, 9.17) is 24.9 Å². The molecule has 0 saturated heterocycles. The predicted octanol–water partition coefficient (Wildman–Crippen LogP) is 13.9. The lowest BCUT2D eigenvalue weighted by molar-refractivity contribution is -0.134. The molecule has 1 aromatic heterocycles. The number of ether oxygens (including phenoxy) is 2. The molecular weight excluding hydrogens is 1700 g/mol. The Kier molecular flexibility index (Phi) is 29.8. The van der Waals surface area contributed by atoms with Crippen LogP contribution in [0.5, 0.6) is 5.75 Å². The summed E-state index contributed by atoms with van der Waals surface area (Å²) in [4.78, 5) is 249. The van der Waals surface area contributed by atoms with E-state index < -0.39 is 139 Å². The third-order valence-electron chi connectivity index (χ3n) is 25.3. The molecule has 0 spiro atoms. The molecule has 33 nitrogen and oxygen atoms in total. The maximum atomic E-state index is 15.7. The topological polar surface area (TPSA) is 463 Å². The maximum absolute atomic E-state index is 15.7. The summed E-state index contributed by atoms with van der Waals surface area (Å²) in [6.45, 7) is 30.5. The van der Waals surface area contributed by atoms with Crippen LogP contribution < -0.4 is 27.1 Å². The Morgan fingerprint density at radius 1 is 0.402 bits per heavy atom. The molecule has 7 unspecified atom stereocenters. The summed E-state index contributed by atoms with van der Waals surface area (Å²) >= 11 is 0. The van der Waals surface area contributed by atoms with Gasteiger partial charge in [-0.05, 0) is 206 Å². The van der Waals surface area contributed by atoms with Crippen molar-refractivity contribution in [1.29, 1.82) is 0 Å². The van der Waals surface area contributed by atoms with Gasteiger partial charge in [-0.1, -0.05) is 147 Å². The van der Waals surface area contributed by atoms with Crippen molar-refractivity contribution in [2.45, 2.75) is 238 Å². The summed E-state index contributed by atoms with van der Waals surface area (Å²) in [5.41, 5.74) is -5.38. The van der Waals surface area contributed by atoms with Gasteiger partial charge in [0.05, 0.1) is 72.3 Å². The fraction of sp³-hybridized carbons (Fsp3) is 0.444. The van der Waals surface area contributed by atoms with Gasteiger partial charge in [0, 0.05) is 63.3 Å². The molecule has 33 heteroatoms. The molecule has 6 aromatic carbocycles. The SMILES string of the molecule is CC.CC.CC(=O)O.CC1(C)CCCC(NC(=O)c2ccc3c(c2)C(=O)N(C2CC(C)(C)CC(C)(Cn4c(=O)n(CC5(C)CC(N6C(=O)c7ccc(OC=O)cc7C6=O)CC(C)(C)C5)c(=O)n(CC5(C)CC(N6C(=O)c7ccc(C(=O)O)cc7C6=O)CC(C)(C)C5)c4=O)C2)C3=O)C1.CN1C(=O)c2ccccc2C1=O.O=C(O)c1ccccc1C(=O)O.O=C1OC(=O)c2ccccc21. The Morgan fingerprint density at radius 3 is 1.07 bits per heavy atom. The number of hydrogen-bond donors (Lipinski definition) is 5. The van der Waals surface area contributed by atoms with Crippen LogP contribution in [0.3, 0.4) is 0 Å². The lowest BCUT2D eigenvalue weighted by Crippen LogP contribution is -2.60. The number of imide groups is 4. The average molecular weight is 1820 g/mol. The number of carboxylic acid groups (broad SMARTS) is 4. The number of rotatable bonds is 16. The van der Waals surface area contributed by atoms with Gasteiger partial charge < -0.3 is 35.2 Å². The number of nitrogens with zero attached hydrogens (tertiary/aromatic N) is 7. The molecule has 132 heavy (non-hydrogen) atoms. The molecule has 4 fully saturated rings. The average Bonchev–Trinajstić information content (AvgIpc) is 1.48. The first-order chi connectivity index (χ1) is 61.8. The molecule has 5 aliphatic heterocycles. The number of aliphatic carboxylic acids is 1. The first-order valence-electron chi connectivity index (χ1n) is 44.0. The molecule has 7 aromatic rings. The number of carboxylic acids is 4. The van der Waals surface area contributed by atoms with Crippen LogP contribution >= 0.6 is 0 Å². The van der Waals surface area contributed by atoms with Crippen molar-refractivity contribution in [3.8, 4) is 5.75 Å². The molecule has 700 valence electrons. The third-order valence-corrected chi connectivity index (χ3v) is 25.3. The minimum atomic E-state index is -1.26. The number of cyclic esters (lactones) is 2. The number of esters is 2. The van der Waals surface area contributed by atoms with Crippen LogP contribution in [0, 0.1) is 37.9 Å². The number of nitrogens with one attached hydrogen (secondary N) is 1. The Hall–Kier alpha value is -13.8. The minimum Gasteiger partial charge on any atom is -0.481 e. The van der Waals surface area contributed by atoms with Crippen molar-refractivity contribution in [1.82, 2.24) is 38.6 Å². The summed E-state index contributed by atoms with van der Waals surface area (Å²) in [5.74, 6) is -9.75. The largest absolute Gasteiger partial charge is 0.481 e. The molecule has 4 aliphatic carbocycles. The first kappa shape index (κ1) is 100. The van der Waals surface area contributed by atoms with Crippen LogP contribution in [0.4, 0.5) is 0 Å². The first-order valence-corrected chi connectivity index (χ1v) is 44.0. The van der Waals surface area contributed by atoms with Gasteiger partial charge in [-0.15, -0.1) is 0 Å². The molecule has 0 radical (unpaired) electrons. The molecular formula is C99H114N8O25. The second-order valence-electron chi connectivity index (χ2n) is 39.0. The van der Waals surface area contributed by atoms with Crippen LogP contribution in [0.15, 0.2) is 142 Å². The number of carbonyl (C=O) groups is 16. The van der Waals surface area contributed by atoms with Crippen LogP contribution in [0.2, 0.25) is 0 Å². The van der Waals surface area contributed by atoms with E-state index in [0.29, 0.717) is 60.8 Å². The van der Waals surface area contributed by atoms with Crippen molar-refractivity contribution >= 4 is 95.5 Å². The number of amides is 9. The minimum absolute atomic E-state index is 0.0347. The molecule has 4 saturated carbocycles. The Labute approximate surface area is 762 Å². The second-order valence-corrected chi connectivity index (χ2v) is 39.0. The number of benzene rings is 6. The van der Waals surface area contributed by atoms with Gasteiger partial charge in [0.1, 0.15) is 5.75 Å². The van der Waals surface area contributed by atoms with Crippen molar-refractivity contribution in [3.05, 3.63) is 237 Å². The highest BCUT2D eigenvalue weighted by molar-refractivity contribution is 6.24. The highest BCUT2D eigenvalue weighted by Crippen LogP contribution is 2.53. The van der Waals surface area contributed by atoms with Gasteiger partial charge in [-0.2, -0.15) is 0 Å². The molecule has 5 N–H and O–H groups in total. The number of hydrogen-bond acceptors (Lipinski definition) is 21. The van der Waals surface area contributed by atoms with E-state index in [1.165, 1.54) is 89.6 Å². The lowest BCUT2D eigenvalue weighted by atomic mass is 9.62. The van der Waals surface area contributed by atoms with Crippen molar-refractivity contribution < 1.29 is 107 Å². The standard InChI is InChI=1S/C68H81N7O14.C9H7NO2.C8H6O4.C8H4O3.C2H4O2.2C2H6/c1-62(2)20-12-13-40(24-62)69-51(77)38-14-17-45-48(21-38)55(81)73(52(45)78)41-25-63(3,4)31-66(9,28-41)34-70-59(86)71(35-67(10)29-42(26-64(5,6)32-67)74-53(79)46-18-15-39(58(84)85)22-49(46)56(74)82)61(88)72(60(70)87)36-68(11)30-43(27-65(7,8)33-68)75-54(80)47-19-16-44(89-37-76)23-50(47)57(75)83;1-10-8(11)6-4-2-3-5-7(6)9(10)12;9-7(10)5-3-1-2-4-6(5)8(11)12;9-7-5-3-1-2-4-6(5)8(10)11-7;1-2(3)4;2*1-2/h14-19,21-23,37,40-43H,12-13,20,24-36H2,1-11H3,(H,69,77)(H,84,85);2-5H,1H3;1-4H,(H,9,10)(H,11,12);1-4H;1H3,(H,3,4);2*1-2H3. The van der Waals surface area contributed by atoms with Gasteiger partial charge in [-0.25, -0.2) is 52.1 Å². The van der Waals surface area contributed by atoms with Crippen LogP contribution in [-0.4, -0.2) is 180 Å². The van der Waals surface area contributed by atoms with Crippen molar-refractivity contribution in [2.75, 3.05) is 7.05 Å². The summed E-state index contributed by atoms with van der Waals surface area (Å²) in [6.07, 6.45) is 6.51. The molecule has 6 heterocycles. The smallest absolute Gasteiger partial charge is 0.346 e. The van der Waals surface area contributed by atoms with Crippen molar-refractivity contribution in [3.63, 3.8) is 0 Å². The Balaban J connectivity index is 0.000000340. The van der Waals surface area contributed by atoms with E-state index in [1.807, 2.05) is 90.0 Å². The molecule has 0 bridgehead atoms. The quantitative estimate of drug-likeness (QED) is 0.0260. The maximum Gasteiger partial charge on any atom is 0.346 e. The zero-order valence-corrected chi connectivity index (χ0v) is 77.3. The van der Waals surface area contributed by atoms with E-state index in [2.05, 4.69) is 23.9 Å². The van der Waals surface area contributed by atoms with E-state index in [9.17, 15) is 77.0 Å². The monoisotopic (exact) mass is 1810 g/mol. The molecule has 7 atom stereocenters. The molecule has 9 amide bonds.